The van der Waals surface area contributed by atoms with Crippen LogP contribution < -0.4 is 9.47 Å². The Morgan fingerprint density at radius 3 is 2.42 bits per heavy atom. The molecule has 0 radical (unpaired) electrons. The highest BCUT2D eigenvalue weighted by Crippen LogP contribution is 2.36. The average molecular weight is 510 g/mol. The maximum Gasteiger partial charge on any atom is 0.289 e. The fourth-order valence-electron chi connectivity index (χ4n) is 3.67. The van der Waals surface area contributed by atoms with Crippen LogP contribution in [0.1, 0.15) is 21.9 Å². The fraction of sp³-hybridized carbons (Fsp3) is 0.292. The molecule has 1 aromatic heterocycles. The van der Waals surface area contributed by atoms with E-state index in [1.807, 2.05) is 18.2 Å². The van der Waals surface area contributed by atoms with E-state index in [2.05, 4.69) is 11.0 Å². The van der Waals surface area contributed by atoms with E-state index in [9.17, 15) is 4.79 Å². The highest BCUT2D eigenvalue weighted by atomic mass is 35.5. The van der Waals surface area contributed by atoms with Gasteiger partial charge in [-0.25, -0.2) is 0 Å². The van der Waals surface area contributed by atoms with Gasteiger partial charge in [0.15, 0.2) is 11.5 Å². The summed E-state index contributed by atoms with van der Waals surface area (Å²) in [6.45, 7) is 3.73. The smallest absolute Gasteiger partial charge is 0.289 e. The third-order valence-corrected chi connectivity index (χ3v) is 6.17. The third-order valence-electron chi connectivity index (χ3n) is 5.39. The summed E-state index contributed by atoms with van der Waals surface area (Å²) in [5.74, 6) is 1.81. The molecule has 0 unspecified atom stereocenters. The first kappa shape index (κ1) is 23.8. The van der Waals surface area contributed by atoms with Crippen molar-refractivity contribution >= 4 is 40.7 Å². The van der Waals surface area contributed by atoms with Gasteiger partial charge in [0.2, 0.25) is 0 Å². The monoisotopic (exact) mass is 508 g/mol. The number of rotatable bonds is 7. The molecule has 2 aromatic carbocycles. The molecule has 1 aliphatic rings. The van der Waals surface area contributed by atoms with E-state index >= 15 is 0 Å². The van der Waals surface area contributed by atoms with E-state index in [0.717, 1.165) is 25.4 Å². The van der Waals surface area contributed by atoms with Crippen LogP contribution >= 0.6 is 34.8 Å². The third kappa shape index (κ3) is 5.95. The zero-order valence-corrected chi connectivity index (χ0v) is 20.3. The highest BCUT2D eigenvalue weighted by Gasteiger charge is 2.24. The normalized spacial score (nSPS) is 14.4. The predicted molar refractivity (Wildman–Crippen MR) is 129 cm³/mol. The van der Waals surface area contributed by atoms with Gasteiger partial charge < -0.3 is 18.8 Å². The second-order valence-electron chi connectivity index (χ2n) is 7.67. The Balaban J connectivity index is 1.30. The number of furan rings is 1. The molecule has 1 amide bonds. The molecule has 0 saturated carbocycles. The van der Waals surface area contributed by atoms with Crippen molar-refractivity contribution in [3.05, 3.63) is 80.7 Å². The SMILES string of the molecule is COc1cccc(CN2CCN(C(=O)c3ccc(COc4c(Cl)cc(Cl)cc4Cl)o3)CC2)c1. The number of carbonyl (C=O) groups excluding carboxylic acids is 1. The number of amides is 1. The summed E-state index contributed by atoms with van der Waals surface area (Å²) in [5, 5.41) is 1.04. The first-order valence-electron chi connectivity index (χ1n) is 10.4. The summed E-state index contributed by atoms with van der Waals surface area (Å²) >= 11 is 18.2. The van der Waals surface area contributed by atoms with Gasteiger partial charge in [-0.2, -0.15) is 0 Å². The Labute approximate surface area is 207 Å². The van der Waals surface area contributed by atoms with Crippen LogP contribution in [-0.2, 0) is 13.2 Å². The number of benzene rings is 2. The summed E-state index contributed by atoms with van der Waals surface area (Å²) < 4.78 is 16.7. The number of hydrogen-bond acceptors (Lipinski definition) is 5. The first-order chi connectivity index (χ1) is 15.9. The quantitative estimate of drug-likeness (QED) is 0.404. The molecule has 1 saturated heterocycles. The van der Waals surface area contributed by atoms with E-state index in [0.29, 0.717) is 39.7 Å². The Hall–Kier alpha value is -2.38. The lowest BCUT2D eigenvalue weighted by Crippen LogP contribution is -2.48. The van der Waals surface area contributed by atoms with Crippen LogP contribution in [0.25, 0.3) is 0 Å². The number of halogens is 3. The van der Waals surface area contributed by atoms with Gasteiger partial charge in [-0.15, -0.1) is 0 Å². The lowest BCUT2D eigenvalue weighted by Gasteiger charge is -2.34. The van der Waals surface area contributed by atoms with Crippen LogP contribution in [0.5, 0.6) is 11.5 Å². The molecule has 0 bridgehead atoms. The van der Waals surface area contributed by atoms with E-state index < -0.39 is 0 Å². The molecule has 4 rings (SSSR count). The second-order valence-corrected chi connectivity index (χ2v) is 8.92. The maximum absolute atomic E-state index is 12.9. The van der Waals surface area contributed by atoms with Crippen LogP contribution in [-0.4, -0.2) is 49.0 Å². The van der Waals surface area contributed by atoms with Crippen molar-refractivity contribution < 1.29 is 18.7 Å². The van der Waals surface area contributed by atoms with Crippen molar-refractivity contribution in [3.63, 3.8) is 0 Å². The van der Waals surface area contributed by atoms with Crippen LogP contribution in [0.2, 0.25) is 15.1 Å². The molecular weight excluding hydrogens is 487 g/mol. The fourth-order valence-corrected chi connectivity index (χ4v) is 4.60. The Kier molecular flexibility index (Phi) is 7.71. The molecule has 0 aliphatic carbocycles. The molecule has 2 heterocycles. The van der Waals surface area contributed by atoms with Crippen molar-refractivity contribution in [1.82, 2.24) is 9.80 Å². The standard InChI is InChI=1S/C24H23Cl3N2O4/c1-31-18-4-2-3-16(11-18)14-28-7-9-29(10-8-28)24(30)22-6-5-19(33-22)15-32-23-20(26)12-17(25)13-21(23)27/h2-6,11-13H,7-10,14-15H2,1H3. The largest absolute Gasteiger partial charge is 0.497 e. The number of nitrogens with zero attached hydrogens (tertiary/aromatic N) is 2. The van der Waals surface area contributed by atoms with Gasteiger partial charge in [-0.05, 0) is 42.0 Å². The minimum Gasteiger partial charge on any atom is -0.497 e. The summed E-state index contributed by atoms with van der Waals surface area (Å²) in [4.78, 5) is 17.0. The average Bonchev–Trinajstić information content (AvgIpc) is 3.27. The zero-order valence-electron chi connectivity index (χ0n) is 18.0. The summed E-state index contributed by atoms with van der Waals surface area (Å²) in [5.41, 5.74) is 1.19. The lowest BCUT2D eigenvalue weighted by molar-refractivity contribution is 0.0594. The molecule has 3 aromatic rings. The van der Waals surface area contributed by atoms with Gasteiger partial charge in [-0.1, -0.05) is 46.9 Å². The molecule has 6 nitrogen and oxygen atoms in total. The van der Waals surface area contributed by atoms with E-state index in [-0.39, 0.29) is 18.3 Å². The second kappa shape index (κ2) is 10.7. The van der Waals surface area contributed by atoms with Crippen molar-refractivity contribution in [3.8, 4) is 11.5 Å². The maximum atomic E-state index is 12.9. The predicted octanol–water partition coefficient (Wildman–Crippen LogP) is 5.79. The zero-order chi connectivity index (χ0) is 23.4. The molecule has 9 heteroatoms. The minimum absolute atomic E-state index is 0.0860. The van der Waals surface area contributed by atoms with Gasteiger partial charge in [0, 0.05) is 37.7 Å². The molecule has 0 spiro atoms. The van der Waals surface area contributed by atoms with Crippen molar-refractivity contribution in [1.29, 1.82) is 0 Å². The van der Waals surface area contributed by atoms with Crippen LogP contribution in [0.4, 0.5) is 0 Å². The Morgan fingerprint density at radius 1 is 1.00 bits per heavy atom. The summed E-state index contributed by atoms with van der Waals surface area (Å²) in [7, 11) is 1.66. The van der Waals surface area contributed by atoms with Gasteiger partial charge >= 0.3 is 0 Å². The highest BCUT2D eigenvalue weighted by molar-refractivity contribution is 6.40. The topological polar surface area (TPSA) is 55.2 Å². The van der Waals surface area contributed by atoms with Crippen molar-refractivity contribution in [2.75, 3.05) is 33.3 Å². The first-order valence-corrected chi connectivity index (χ1v) is 11.6. The van der Waals surface area contributed by atoms with E-state index in [4.69, 9.17) is 48.7 Å². The van der Waals surface area contributed by atoms with Crippen LogP contribution in [0.3, 0.4) is 0 Å². The van der Waals surface area contributed by atoms with Crippen molar-refractivity contribution in [2.24, 2.45) is 0 Å². The number of piperazine rings is 1. The number of methoxy groups -OCH3 is 1. The van der Waals surface area contributed by atoms with Crippen LogP contribution in [0, 0.1) is 0 Å². The summed E-state index contributed by atoms with van der Waals surface area (Å²) in [6.07, 6.45) is 0. The molecular formula is C24H23Cl3N2O4. The van der Waals surface area contributed by atoms with Crippen LogP contribution in [0.15, 0.2) is 52.9 Å². The van der Waals surface area contributed by atoms with Gasteiger partial charge in [0.25, 0.3) is 5.91 Å². The molecule has 0 N–H and O–H groups in total. The van der Waals surface area contributed by atoms with Crippen molar-refractivity contribution in [2.45, 2.75) is 13.2 Å². The van der Waals surface area contributed by atoms with Gasteiger partial charge in [-0.3, -0.25) is 9.69 Å². The number of ether oxygens (including phenoxy) is 2. The van der Waals surface area contributed by atoms with Gasteiger partial charge in [0.05, 0.1) is 17.2 Å². The van der Waals surface area contributed by atoms with Gasteiger partial charge in [0.1, 0.15) is 18.1 Å². The van der Waals surface area contributed by atoms with E-state index in [1.165, 1.54) is 5.56 Å². The molecule has 174 valence electrons. The molecule has 33 heavy (non-hydrogen) atoms. The Morgan fingerprint density at radius 2 is 1.73 bits per heavy atom. The minimum atomic E-state index is -0.134. The molecule has 1 aliphatic heterocycles. The van der Waals surface area contributed by atoms with E-state index in [1.54, 1.807) is 36.3 Å². The number of carbonyl (C=O) groups is 1. The lowest BCUT2D eigenvalue weighted by atomic mass is 10.2. The molecule has 1 fully saturated rings. The summed E-state index contributed by atoms with van der Waals surface area (Å²) in [6, 6.07) is 14.5. The Bertz CT molecular complexity index is 1100. The number of hydrogen-bond donors (Lipinski definition) is 0. The molecule has 0 atom stereocenters.